The van der Waals surface area contributed by atoms with Gasteiger partial charge in [-0.25, -0.2) is 0 Å². The molecule has 1 aromatic carbocycles. The summed E-state index contributed by atoms with van der Waals surface area (Å²) in [6.45, 7) is 8.20. The van der Waals surface area contributed by atoms with E-state index in [0.717, 1.165) is 37.4 Å². The summed E-state index contributed by atoms with van der Waals surface area (Å²) in [4.78, 5) is 2.42. The van der Waals surface area contributed by atoms with E-state index < -0.39 is 0 Å². The van der Waals surface area contributed by atoms with Crippen LogP contribution in [0.15, 0.2) is 12.1 Å². The number of benzene rings is 1. The lowest BCUT2D eigenvalue weighted by Gasteiger charge is -2.36. The summed E-state index contributed by atoms with van der Waals surface area (Å²) in [5.74, 6) is 1.45. The number of morpholine rings is 1. The van der Waals surface area contributed by atoms with Crippen LogP contribution in [0.4, 0.5) is 0 Å². The minimum Gasteiger partial charge on any atom is -0.489 e. The van der Waals surface area contributed by atoms with Gasteiger partial charge in [-0.15, -0.1) is 0 Å². The maximum absolute atomic E-state index is 6.35. The van der Waals surface area contributed by atoms with Gasteiger partial charge >= 0.3 is 0 Å². The third-order valence-corrected chi connectivity index (χ3v) is 4.27. The first-order valence-corrected chi connectivity index (χ1v) is 7.95. The second-order valence-electron chi connectivity index (χ2n) is 5.88. The van der Waals surface area contributed by atoms with E-state index in [1.54, 1.807) is 0 Å². The van der Waals surface area contributed by atoms with Crippen LogP contribution in [0.5, 0.6) is 11.5 Å². The molecule has 0 radical (unpaired) electrons. The van der Waals surface area contributed by atoms with Gasteiger partial charge in [0.2, 0.25) is 0 Å². The second kappa shape index (κ2) is 6.42. The van der Waals surface area contributed by atoms with Gasteiger partial charge in [0.05, 0.1) is 30.9 Å². The summed E-state index contributed by atoms with van der Waals surface area (Å²) in [6.07, 6.45) is 1.16. The van der Waals surface area contributed by atoms with Gasteiger partial charge < -0.3 is 14.2 Å². The fourth-order valence-corrected chi connectivity index (χ4v) is 3.09. The molecule has 1 fully saturated rings. The highest BCUT2D eigenvalue weighted by Crippen LogP contribution is 2.38. The molecule has 2 aliphatic heterocycles. The van der Waals surface area contributed by atoms with Crippen LogP contribution in [0.3, 0.4) is 0 Å². The van der Waals surface area contributed by atoms with Gasteiger partial charge in [0, 0.05) is 25.6 Å². The number of fused-ring (bicyclic) bond motifs is 1. The molecular weight excluding hydrogens is 290 g/mol. The maximum Gasteiger partial charge on any atom is 0.179 e. The SMILES string of the molecule is C[C@@H]1CN(Cc2cc(Cl)c3c(c2)OCCCO3)[C@@H](C)CO1. The number of halogens is 1. The van der Waals surface area contributed by atoms with Crippen LogP contribution in [0.2, 0.25) is 5.02 Å². The maximum atomic E-state index is 6.35. The molecule has 2 heterocycles. The van der Waals surface area contributed by atoms with Crippen molar-refractivity contribution in [3.8, 4) is 11.5 Å². The van der Waals surface area contributed by atoms with E-state index >= 15 is 0 Å². The standard InChI is InChI=1S/C16H22ClNO3/c1-11-10-21-12(2)8-18(11)9-13-6-14(17)16-15(7-13)19-4-3-5-20-16/h6-7,11-12H,3-5,8-10H2,1-2H3/t11-,12+/m0/s1. The van der Waals surface area contributed by atoms with Crippen molar-refractivity contribution in [2.24, 2.45) is 0 Å². The van der Waals surface area contributed by atoms with Crippen molar-refractivity contribution in [2.45, 2.75) is 39.0 Å². The Morgan fingerprint density at radius 2 is 2.05 bits per heavy atom. The Bertz CT molecular complexity index is 509. The van der Waals surface area contributed by atoms with E-state index in [-0.39, 0.29) is 6.10 Å². The van der Waals surface area contributed by atoms with Crippen molar-refractivity contribution >= 4 is 11.6 Å². The van der Waals surface area contributed by atoms with Crippen LogP contribution in [0.1, 0.15) is 25.8 Å². The molecule has 0 aromatic heterocycles. The Hall–Kier alpha value is -0.970. The first kappa shape index (κ1) is 14.9. The van der Waals surface area contributed by atoms with Crippen molar-refractivity contribution in [3.63, 3.8) is 0 Å². The summed E-state index contributed by atoms with van der Waals surface area (Å²) >= 11 is 6.35. The van der Waals surface area contributed by atoms with Gasteiger partial charge in [0.15, 0.2) is 11.5 Å². The molecule has 4 nitrogen and oxygen atoms in total. The smallest absolute Gasteiger partial charge is 0.179 e. The zero-order valence-electron chi connectivity index (χ0n) is 12.6. The number of hydrogen-bond donors (Lipinski definition) is 0. The molecule has 0 aliphatic carbocycles. The molecular formula is C16H22ClNO3. The number of rotatable bonds is 2. The molecule has 0 bridgehead atoms. The first-order valence-electron chi connectivity index (χ1n) is 7.57. The summed E-state index contributed by atoms with van der Waals surface area (Å²) in [6, 6.07) is 4.46. The van der Waals surface area contributed by atoms with Gasteiger partial charge in [-0.1, -0.05) is 11.6 Å². The highest BCUT2D eigenvalue weighted by atomic mass is 35.5. The summed E-state index contributed by atoms with van der Waals surface area (Å²) in [5.41, 5.74) is 1.16. The third kappa shape index (κ3) is 3.44. The monoisotopic (exact) mass is 311 g/mol. The zero-order valence-corrected chi connectivity index (χ0v) is 13.4. The first-order chi connectivity index (χ1) is 10.1. The lowest BCUT2D eigenvalue weighted by Crippen LogP contribution is -2.46. The minimum absolute atomic E-state index is 0.275. The van der Waals surface area contributed by atoms with Crippen LogP contribution in [-0.4, -0.2) is 43.4 Å². The molecule has 0 unspecified atom stereocenters. The predicted molar refractivity (Wildman–Crippen MR) is 82.3 cm³/mol. The topological polar surface area (TPSA) is 30.9 Å². The van der Waals surface area contributed by atoms with Crippen LogP contribution in [0, 0.1) is 0 Å². The van der Waals surface area contributed by atoms with Crippen LogP contribution in [0.25, 0.3) is 0 Å². The van der Waals surface area contributed by atoms with Crippen molar-refractivity contribution < 1.29 is 14.2 Å². The number of nitrogens with zero attached hydrogens (tertiary/aromatic N) is 1. The quantitative estimate of drug-likeness (QED) is 0.840. The van der Waals surface area contributed by atoms with Crippen LogP contribution >= 0.6 is 11.6 Å². The van der Waals surface area contributed by atoms with Crippen LogP contribution in [-0.2, 0) is 11.3 Å². The Morgan fingerprint density at radius 3 is 2.90 bits per heavy atom. The van der Waals surface area contributed by atoms with E-state index in [1.165, 1.54) is 0 Å². The fraction of sp³-hybridized carbons (Fsp3) is 0.625. The fourth-order valence-electron chi connectivity index (χ4n) is 2.80. The van der Waals surface area contributed by atoms with Gasteiger partial charge in [-0.05, 0) is 31.5 Å². The summed E-state index contributed by atoms with van der Waals surface area (Å²) < 4.78 is 17.1. The highest BCUT2D eigenvalue weighted by Gasteiger charge is 2.24. The Morgan fingerprint density at radius 1 is 1.24 bits per heavy atom. The van der Waals surface area contributed by atoms with Crippen molar-refractivity contribution in [2.75, 3.05) is 26.4 Å². The van der Waals surface area contributed by atoms with E-state index in [1.807, 2.05) is 6.07 Å². The molecule has 0 saturated carbocycles. The summed E-state index contributed by atoms with van der Waals surface area (Å²) in [5, 5.41) is 0.637. The molecule has 116 valence electrons. The molecule has 2 aliphatic rings. The van der Waals surface area contributed by atoms with E-state index in [2.05, 4.69) is 24.8 Å². The van der Waals surface area contributed by atoms with Gasteiger partial charge in [-0.2, -0.15) is 0 Å². The second-order valence-corrected chi connectivity index (χ2v) is 6.28. The number of hydrogen-bond acceptors (Lipinski definition) is 4. The molecule has 0 N–H and O–H groups in total. The lowest BCUT2D eigenvalue weighted by molar-refractivity contribution is -0.0526. The number of ether oxygens (including phenoxy) is 3. The average Bonchev–Trinajstić information content (AvgIpc) is 2.68. The summed E-state index contributed by atoms with van der Waals surface area (Å²) in [7, 11) is 0. The molecule has 1 aromatic rings. The normalized spacial score (nSPS) is 26.4. The van der Waals surface area contributed by atoms with Crippen molar-refractivity contribution in [1.29, 1.82) is 0 Å². The van der Waals surface area contributed by atoms with Gasteiger partial charge in [0.1, 0.15) is 0 Å². The van der Waals surface area contributed by atoms with Gasteiger partial charge in [0.25, 0.3) is 0 Å². The molecule has 5 heteroatoms. The van der Waals surface area contributed by atoms with E-state index in [0.29, 0.717) is 30.0 Å². The van der Waals surface area contributed by atoms with Gasteiger partial charge in [-0.3, -0.25) is 4.90 Å². The third-order valence-electron chi connectivity index (χ3n) is 3.98. The lowest BCUT2D eigenvalue weighted by atomic mass is 10.1. The highest BCUT2D eigenvalue weighted by molar-refractivity contribution is 6.32. The Labute approximate surface area is 130 Å². The molecule has 3 rings (SSSR count). The average molecular weight is 312 g/mol. The molecule has 21 heavy (non-hydrogen) atoms. The minimum atomic E-state index is 0.275. The molecule has 1 saturated heterocycles. The predicted octanol–water partition coefficient (Wildman–Crippen LogP) is 3.11. The van der Waals surface area contributed by atoms with E-state index in [9.17, 15) is 0 Å². The molecule has 0 amide bonds. The molecule has 0 spiro atoms. The Kier molecular flexibility index (Phi) is 4.57. The van der Waals surface area contributed by atoms with E-state index in [4.69, 9.17) is 25.8 Å². The Balaban J connectivity index is 1.79. The molecule has 2 atom stereocenters. The zero-order chi connectivity index (χ0) is 14.8. The van der Waals surface area contributed by atoms with Crippen molar-refractivity contribution in [3.05, 3.63) is 22.7 Å². The van der Waals surface area contributed by atoms with Crippen molar-refractivity contribution in [1.82, 2.24) is 4.90 Å². The largest absolute Gasteiger partial charge is 0.489 e. The van der Waals surface area contributed by atoms with Crippen LogP contribution < -0.4 is 9.47 Å².